The van der Waals surface area contributed by atoms with Crippen molar-refractivity contribution in [2.24, 2.45) is 0 Å². The molecule has 1 aromatic carbocycles. The van der Waals surface area contributed by atoms with E-state index in [4.69, 9.17) is 0 Å². The second-order valence-corrected chi connectivity index (χ2v) is 10.5. The van der Waals surface area contributed by atoms with Crippen LogP contribution in [0.2, 0.25) is 0 Å². The van der Waals surface area contributed by atoms with E-state index in [1.165, 1.54) is 10.4 Å². The predicted molar refractivity (Wildman–Crippen MR) is 108 cm³/mol. The molecule has 0 spiro atoms. The molecule has 4 nitrogen and oxygen atoms in total. The molecule has 1 fully saturated rings. The van der Waals surface area contributed by atoms with Crippen LogP contribution in [-0.4, -0.2) is 36.6 Å². The zero-order valence-corrected chi connectivity index (χ0v) is 16.6. The van der Waals surface area contributed by atoms with Crippen molar-refractivity contribution in [1.29, 1.82) is 0 Å². The van der Waals surface area contributed by atoms with Gasteiger partial charge in [-0.25, -0.2) is 8.42 Å². The summed E-state index contributed by atoms with van der Waals surface area (Å²) in [6, 6.07) is 11.8. The lowest BCUT2D eigenvalue weighted by molar-refractivity contribution is 0.328. The molecule has 0 aliphatic carbocycles. The summed E-state index contributed by atoms with van der Waals surface area (Å²) in [5.41, 5.74) is 4.32. The number of hydrogen-bond donors (Lipinski definition) is 0. The van der Waals surface area contributed by atoms with Crippen LogP contribution in [0.4, 0.5) is 0 Å². The molecular formula is C21H20N2O2S2. The Hall–Kier alpha value is -2.02. The van der Waals surface area contributed by atoms with E-state index in [1.54, 1.807) is 23.6 Å². The molecule has 2 aliphatic rings. The summed E-state index contributed by atoms with van der Waals surface area (Å²) in [4.78, 5) is 8.34. The quantitative estimate of drug-likeness (QED) is 0.674. The van der Waals surface area contributed by atoms with Gasteiger partial charge in [-0.1, -0.05) is 12.1 Å². The first-order chi connectivity index (χ1) is 13.0. The van der Waals surface area contributed by atoms with E-state index < -0.39 is 9.84 Å². The van der Waals surface area contributed by atoms with E-state index in [2.05, 4.69) is 34.3 Å². The minimum absolute atomic E-state index is 0.0573. The zero-order chi connectivity index (χ0) is 18.6. The lowest BCUT2D eigenvalue weighted by Crippen LogP contribution is -2.25. The Morgan fingerprint density at radius 2 is 2.07 bits per heavy atom. The molecular weight excluding hydrogens is 376 g/mol. The smallest absolute Gasteiger partial charge is 0.183 e. The summed E-state index contributed by atoms with van der Waals surface area (Å²) in [6.45, 7) is 4.37. The molecule has 2 aliphatic heterocycles. The predicted octanol–water partition coefficient (Wildman–Crippen LogP) is 3.87. The summed E-state index contributed by atoms with van der Waals surface area (Å²) in [6.07, 6.45) is 3.57. The average molecular weight is 397 g/mol. The molecule has 0 amide bonds. The third kappa shape index (κ3) is 2.74. The van der Waals surface area contributed by atoms with Gasteiger partial charge in [0.15, 0.2) is 9.84 Å². The third-order valence-corrected chi connectivity index (χ3v) is 9.05. The minimum Gasteiger partial charge on any atom is -0.296 e. The van der Waals surface area contributed by atoms with Gasteiger partial charge in [0.05, 0.1) is 10.1 Å². The molecule has 2 aromatic heterocycles. The lowest BCUT2D eigenvalue weighted by atomic mass is 9.95. The Kier molecular flexibility index (Phi) is 3.96. The molecule has 0 bridgehead atoms. The Balaban J connectivity index is 1.50. The van der Waals surface area contributed by atoms with Crippen LogP contribution in [-0.2, 0) is 16.4 Å². The minimum atomic E-state index is -3.26. The van der Waals surface area contributed by atoms with E-state index in [0.29, 0.717) is 11.4 Å². The standard InChI is InChI=1S/C21H20N2O2S2/c1-14-6-8-26-19(14)12-23-11-18-17-9-15(16-3-2-7-22-10-16)4-5-20(17)27(24,25)21(18)13-23/h2-10,18,21H,11-13H2,1H3/t18-,21-/m1/s1. The highest BCUT2D eigenvalue weighted by Gasteiger charge is 2.50. The van der Waals surface area contributed by atoms with E-state index in [9.17, 15) is 8.42 Å². The summed E-state index contributed by atoms with van der Waals surface area (Å²) in [7, 11) is -3.26. The fourth-order valence-electron chi connectivity index (χ4n) is 4.34. The Morgan fingerprint density at radius 1 is 1.19 bits per heavy atom. The first kappa shape index (κ1) is 17.1. The van der Waals surface area contributed by atoms with Crippen molar-refractivity contribution in [2.75, 3.05) is 13.1 Å². The van der Waals surface area contributed by atoms with Crippen molar-refractivity contribution in [2.45, 2.75) is 29.5 Å². The van der Waals surface area contributed by atoms with Crippen LogP contribution < -0.4 is 0 Å². The number of aryl methyl sites for hydroxylation is 1. The van der Waals surface area contributed by atoms with Gasteiger partial charge in [0.1, 0.15) is 0 Å². The van der Waals surface area contributed by atoms with Crippen molar-refractivity contribution >= 4 is 21.2 Å². The van der Waals surface area contributed by atoms with Gasteiger partial charge < -0.3 is 0 Å². The number of sulfone groups is 1. The Labute approximate surface area is 163 Å². The van der Waals surface area contributed by atoms with Gasteiger partial charge in [0.2, 0.25) is 0 Å². The van der Waals surface area contributed by atoms with Crippen LogP contribution in [0.15, 0.2) is 59.1 Å². The van der Waals surface area contributed by atoms with Crippen molar-refractivity contribution in [3.8, 4) is 11.1 Å². The molecule has 0 unspecified atom stereocenters. The van der Waals surface area contributed by atoms with E-state index in [-0.39, 0.29) is 11.2 Å². The van der Waals surface area contributed by atoms with Gasteiger partial charge in [0.25, 0.3) is 0 Å². The highest BCUT2D eigenvalue weighted by molar-refractivity contribution is 7.92. The summed E-state index contributed by atoms with van der Waals surface area (Å²) < 4.78 is 26.2. The van der Waals surface area contributed by atoms with Crippen molar-refractivity contribution < 1.29 is 8.42 Å². The third-order valence-electron chi connectivity index (χ3n) is 5.79. The van der Waals surface area contributed by atoms with Crippen LogP contribution in [0.1, 0.15) is 21.9 Å². The number of likely N-dealkylation sites (tertiary alicyclic amines) is 1. The number of nitrogens with zero attached hydrogens (tertiary/aromatic N) is 2. The van der Waals surface area contributed by atoms with Crippen molar-refractivity contribution in [1.82, 2.24) is 9.88 Å². The van der Waals surface area contributed by atoms with Crippen LogP contribution >= 0.6 is 11.3 Å². The van der Waals surface area contributed by atoms with Gasteiger partial charge >= 0.3 is 0 Å². The fraction of sp³-hybridized carbons (Fsp3) is 0.286. The monoisotopic (exact) mass is 396 g/mol. The number of benzene rings is 1. The zero-order valence-electron chi connectivity index (χ0n) is 15.0. The Bertz CT molecular complexity index is 1110. The molecule has 138 valence electrons. The first-order valence-corrected chi connectivity index (χ1v) is 11.5. The van der Waals surface area contributed by atoms with E-state index in [1.807, 2.05) is 24.4 Å². The van der Waals surface area contributed by atoms with Gasteiger partial charge in [-0.2, -0.15) is 0 Å². The molecule has 0 N–H and O–H groups in total. The van der Waals surface area contributed by atoms with Gasteiger partial charge in [-0.15, -0.1) is 11.3 Å². The molecule has 5 rings (SSSR count). The topological polar surface area (TPSA) is 50.3 Å². The molecule has 3 aromatic rings. The Morgan fingerprint density at radius 3 is 2.81 bits per heavy atom. The number of fused-ring (bicyclic) bond motifs is 3. The van der Waals surface area contributed by atoms with Crippen LogP contribution in [0.25, 0.3) is 11.1 Å². The summed E-state index contributed by atoms with van der Waals surface area (Å²) >= 11 is 1.75. The van der Waals surface area contributed by atoms with Gasteiger partial charge in [-0.3, -0.25) is 9.88 Å². The molecule has 2 atom stereocenters. The normalized spacial score (nSPS) is 23.3. The maximum atomic E-state index is 13.1. The second-order valence-electron chi connectivity index (χ2n) is 7.41. The fourth-order valence-corrected chi connectivity index (χ4v) is 7.48. The van der Waals surface area contributed by atoms with E-state index >= 15 is 0 Å². The molecule has 27 heavy (non-hydrogen) atoms. The summed E-state index contributed by atoms with van der Waals surface area (Å²) in [5.74, 6) is 0.0573. The number of hydrogen-bond acceptors (Lipinski definition) is 5. The van der Waals surface area contributed by atoms with Crippen molar-refractivity contribution in [3.05, 3.63) is 70.2 Å². The maximum absolute atomic E-state index is 13.1. The molecule has 0 saturated carbocycles. The number of thiophene rings is 1. The number of aromatic nitrogens is 1. The SMILES string of the molecule is Cc1ccsc1CN1C[C@@H]2c3cc(-c4cccnc4)ccc3S(=O)(=O)[C@@H]2C1. The second kappa shape index (κ2) is 6.26. The summed E-state index contributed by atoms with van der Waals surface area (Å²) in [5, 5.41) is 1.78. The van der Waals surface area contributed by atoms with Gasteiger partial charge in [0, 0.05) is 42.8 Å². The first-order valence-electron chi connectivity index (χ1n) is 9.07. The van der Waals surface area contributed by atoms with Gasteiger partial charge in [-0.05, 0) is 58.8 Å². The van der Waals surface area contributed by atoms with Crippen LogP contribution in [0, 0.1) is 6.92 Å². The lowest BCUT2D eigenvalue weighted by Gasteiger charge is -2.17. The largest absolute Gasteiger partial charge is 0.296 e. The highest BCUT2D eigenvalue weighted by Crippen LogP contribution is 2.46. The highest BCUT2D eigenvalue weighted by atomic mass is 32.2. The molecule has 4 heterocycles. The van der Waals surface area contributed by atoms with Crippen molar-refractivity contribution in [3.63, 3.8) is 0 Å². The van der Waals surface area contributed by atoms with E-state index in [0.717, 1.165) is 29.8 Å². The maximum Gasteiger partial charge on any atom is 0.183 e. The number of pyridine rings is 1. The number of rotatable bonds is 3. The molecule has 1 saturated heterocycles. The van der Waals surface area contributed by atoms with Crippen LogP contribution in [0.3, 0.4) is 0 Å². The average Bonchev–Trinajstić information content (AvgIpc) is 3.33. The molecule has 0 radical (unpaired) electrons. The van der Waals surface area contributed by atoms with Crippen LogP contribution in [0.5, 0.6) is 0 Å². The molecule has 6 heteroatoms.